The smallest absolute Gasteiger partial charge is 0.151 e. The Balaban J connectivity index is 1.21. The number of allylic oxidation sites excluding steroid dienone is 1. The van der Waals surface area contributed by atoms with E-state index in [2.05, 4.69) is 198 Å². The van der Waals surface area contributed by atoms with Gasteiger partial charge in [-0.25, -0.2) is 0 Å². The minimum Gasteiger partial charge on any atom is -0.309 e. The van der Waals surface area contributed by atoms with E-state index in [-0.39, 0.29) is 0 Å². The van der Waals surface area contributed by atoms with Crippen molar-refractivity contribution in [3.05, 3.63) is 189 Å². The maximum atomic E-state index is 4.30. The number of rotatable bonds is 7. The van der Waals surface area contributed by atoms with Gasteiger partial charge in [0.05, 0.1) is 22.1 Å². The molecule has 2 nitrogen and oxygen atoms in total. The highest BCUT2D eigenvalue weighted by Crippen LogP contribution is 2.33. The maximum Gasteiger partial charge on any atom is 0.151 e. The quantitative estimate of drug-likeness (QED) is 0.0943. The monoisotopic (exact) mass is 630 g/mol. The molecule has 0 radical (unpaired) electrons. The minimum absolute atomic E-state index is 0.903. The van der Waals surface area contributed by atoms with Crippen LogP contribution in [0.4, 0.5) is 0 Å². The topological polar surface area (TPSA) is 9.86 Å². The van der Waals surface area contributed by atoms with E-state index >= 15 is 0 Å². The number of nitrogens with zero attached hydrogens (tertiary/aromatic N) is 2. The lowest BCUT2D eigenvalue weighted by atomic mass is 10.2. The van der Waals surface area contributed by atoms with Crippen LogP contribution in [0.15, 0.2) is 189 Å². The van der Waals surface area contributed by atoms with E-state index < -0.39 is 8.07 Å². The Hall–Kier alpha value is -5.90. The number of para-hydroxylation sites is 4. The molecule has 0 saturated heterocycles. The molecule has 3 heteroatoms. The Bertz CT molecular complexity index is 2330. The Morgan fingerprint density at radius 3 is 1.04 bits per heavy atom. The zero-order valence-corrected chi connectivity index (χ0v) is 27.6. The molecule has 0 aliphatic heterocycles. The lowest BCUT2D eigenvalue weighted by Crippen LogP contribution is -2.66. The zero-order chi connectivity index (χ0) is 32.1. The van der Waals surface area contributed by atoms with E-state index in [1.165, 1.54) is 70.5 Å². The molecule has 0 spiro atoms. The summed E-state index contributed by atoms with van der Waals surface area (Å²) in [5.74, 6) is 0. The van der Waals surface area contributed by atoms with Crippen LogP contribution >= 0.6 is 0 Å². The van der Waals surface area contributed by atoms with Crippen LogP contribution in [-0.2, 0) is 0 Å². The van der Waals surface area contributed by atoms with Gasteiger partial charge in [0.25, 0.3) is 0 Å². The molecule has 0 bridgehead atoms. The van der Waals surface area contributed by atoms with E-state index in [4.69, 9.17) is 0 Å². The summed E-state index contributed by atoms with van der Waals surface area (Å²) in [6, 6.07) is 65.6. The van der Waals surface area contributed by atoms with Gasteiger partial charge < -0.3 is 9.13 Å². The highest BCUT2D eigenvalue weighted by atomic mass is 28.3. The van der Waals surface area contributed by atoms with Crippen molar-refractivity contribution >= 4 is 67.2 Å². The lowest BCUT2D eigenvalue weighted by Gasteiger charge is -2.33. The van der Waals surface area contributed by atoms with Crippen LogP contribution in [0, 0.1) is 0 Å². The number of fused-ring (bicyclic) bond motifs is 6. The summed E-state index contributed by atoms with van der Waals surface area (Å²) >= 11 is 0. The molecule has 0 aliphatic rings. The molecule has 2 heterocycles. The number of aromatic nitrogens is 2. The van der Waals surface area contributed by atoms with E-state index in [0.29, 0.717) is 0 Å². The third kappa shape index (κ3) is 4.25. The van der Waals surface area contributed by atoms with Crippen molar-refractivity contribution in [3.8, 4) is 11.4 Å². The standard InChI is InChI=1S/C45H34N2Si/c1-2-32-48(35-14-4-3-5-15-35,36-28-24-33(25-29-36)46-42-20-10-6-16-38(42)39-17-7-11-21-43(39)46)37-30-26-34(27-31-37)47-44-22-12-8-18-40(44)41-19-9-13-23-45(41)47/h2-31H,1,32H2. The van der Waals surface area contributed by atoms with Crippen LogP contribution in [-0.4, -0.2) is 17.2 Å². The minimum atomic E-state index is -2.49. The van der Waals surface area contributed by atoms with Crippen molar-refractivity contribution in [3.63, 3.8) is 0 Å². The predicted molar refractivity (Wildman–Crippen MR) is 208 cm³/mol. The first-order valence-electron chi connectivity index (χ1n) is 16.6. The molecule has 0 saturated carbocycles. The molecule has 0 unspecified atom stereocenters. The fourth-order valence-electron chi connectivity index (χ4n) is 7.98. The van der Waals surface area contributed by atoms with Crippen molar-refractivity contribution < 1.29 is 0 Å². The van der Waals surface area contributed by atoms with Gasteiger partial charge >= 0.3 is 0 Å². The maximum absolute atomic E-state index is 4.30. The van der Waals surface area contributed by atoms with E-state index in [9.17, 15) is 0 Å². The average Bonchev–Trinajstić information content (AvgIpc) is 3.68. The molecule has 0 N–H and O–H groups in total. The summed E-state index contributed by atoms with van der Waals surface area (Å²) < 4.78 is 4.79. The van der Waals surface area contributed by atoms with E-state index in [0.717, 1.165) is 6.04 Å². The Morgan fingerprint density at radius 1 is 0.375 bits per heavy atom. The van der Waals surface area contributed by atoms with Gasteiger partial charge in [-0.2, -0.15) is 0 Å². The van der Waals surface area contributed by atoms with Gasteiger partial charge in [0.15, 0.2) is 8.07 Å². The first-order chi connectivity index (χ1) is 23.8. The lowest BCUT2D eigenvalue weighted by molar-refractivity contribution is 1.18. The summed E-state index contributed by atoms with van der Waals surface area (Å²) in [5.41, 5.74) is 7.25. The highest BCUT2D eigenvalue weighted by molar-refractivity contribution is 7.11. The van der Waals surface area contributed by atoms with Crippen molar-refractivity contribution in [1.29, 1.82) is 0 Å². The Morgan fingerprint density at radius 2 is 0.688 bits per heavy atom. The van der Waals surface area contributed by atoms with Crippen molar-refractivity contribution in [2.75, 3.05) is 0 Å². The number of benzene rings is 7. The van der Waals surface area contributed by atoms with Gasteiger partial charge in [0.2, 0.25) is 0 Å². The van der Waals surface area contributed by atoms with Gasteiger partial charge in [-0.3, -0.25) is 0 Å². The number of hydrogen-bond donors (Lipinski definition) is 0. The van der Waals surface area contributed by atoms with Crippen molar-refractivity contribution in [1.82, 2.24) is 9.13 Å². The fourth-order valence-corrected chi connectivity index (χ4v) is 12.4. The normalized spacial score (nSPS) is 11.9. The third-order valence-electron chi connectivity index (χ3n) is 10.1. The molecule has 0 fully saturated rings. The van der Waals surface area contributed by atoms with Crippen LogP contribution < -0.4 is 15.6 Å². The third-order valence-corrected chi connectivity index (χ3v) is 15.0. The first kappa shape index (κ1) is 28.3. The molecular formula is C45H34N2Si. The van der Waals surface area contributed by atoms with Gasteiger partial charge in [-0.05, 0) is 70.1 Å². The summed E-state index contributed by atoms with van der Waals surface area (Å²) in [5, 5.41) is 9.25. The van der Waals surface area contributed by atoms with Crippen molar-refractivity contribution in [2.45, 2.75) is 6.04 Å². The summed E-state index contributed by atoms with van der Waals surface area (Å²) in [6.07, 6.45) is 2.13. The molecule has 7 aromatic carbocycles. The van der Waals surface area contributed by atoms with Gasteiger partial charge in [0, 0.05) is 32.9 Å². The highest BCUT2D eigenvalue weighted by Gasteiger charge is 2.38. The van der Waals surface area contributed by atoms with E-state index in [1.54, 1.807) is 0 Å². The second kappa shape index (κ2) is 11.4. The van der Waals surface area contributed by atoms with Gasteiger partial charge in [-0.15, -0.1) is 6.58 Å². The van der Waals surface area contributed by atoms with Crippen LogP contribution in [0.1, 0.15) is 0 Å². The molecule has 0 atom stereocenters. The average molecular weight is 631 g/mol. The molecule has 9 rings (SSSR count). The molecule has 0 amide bonds. The second-order valence-electron chi connectivity index (χ2n) is 12.6. The largest absolute Gasteiger partial charge is 0.309 e. The molecule has 0 aliphatic carbocycles. The second-order valence-corrected chi connectivity index (χ2v) is 16.5. The van der Waals surface area contributed by atoms with Gasteiger partial charge in [0.1, 0.15) is 0 Å². The fraction of sp³-hybridized carbons (Fsp3) is 0.0222. The Kier molecular flexibility index (Phi) is 6.73. The van der Waals surface area contributed by atoms with Crippen LogP contribution in [0.5, 0.6) is 0 Å². The summed E-state index contributed by atoms with van der Waals surface area (Å²) in [6.45, 7) is 4.30. The van der Waals surface area contributed by atoms with Gasteiger partial charge in [-0.1, -0.05) is 133 Å². The summed E-state index contributed by atoms with van der Waals surface area (Å²) in [4.78, 5) is 0. The Labute approximate surface area is 281 Å². The zero-order valence-electron chi connectivity index (χ0n) is 26.6. The van der Waals surface area contributed by atoms with Crippen LogP contribution in [0.3, 0.4) is 0 Å². The molecular weight excluding hydrogens is 597 g/mol. The predicted octanol–water partition coefficient (Wildman–Crippen LogP) is 9.54. The number of hydrogen-bond acceptors (Lipinski definition) is 0. The van der Waals surface area contributed by atoms with E-state index in [1.807, 2.05) is 0 Å². The molecule has 228 valence electrons. The molecule has 2 aromatic heterocycles. The summed E-state index contributed by atoms with van der Waals surface area (Å²) in [7, 11) is -2.49. The van der Waals surface area contributed by atoms with Crippen LogP contribution in [0.2, 0.25) is 6.04 Å². The van der Waals surface area contributed by atoms with Crippen molar-refractivity contribution in [2.24, 2.45) is 0 Å². The molecule has 9 aromatic rings. The van der Waals surface area contributed by atoms with Crippen LogP contribution in [0.25, 0.3) is 55.0 Å². The SMILES string of the molecule is C=CC[Si](c1ccccc1)(c1ccc(-n2c3ccccc3c3ccccc32)cc1)c1ccc(-n2c3ccccc3c3ccccc32)cc1. The first-order valence-corrected chi connectivity index (χ1v) is 18.8. The molecule has 48 heavy (non-hydrogen) atoms.